The van der Waals surface area contributed by atoms with E-state index in [1.165, 1.54) is 11.6 Å². The lowest BCUT2D eigenvalue weighted by Gasteiger charge is -2.38. The van der Waals surface area contributed by atoms with Crippen LogP contribution in [-0.2, 0) is 6.54 Å². The van der Waals surface area contributed by atoms with Crippen LogP contribution in [0.3, 0.4) is 0 Å². The molecule has 2 aromatic rings. The van der Waals surface area contributed by atoms with Crippen LogP contribution < -0.4 is 5.32 Å². The van der Waals surface area contributed by atoms with Gasteiger partial charge in [-0.15, -0.1) is 0 Å². The number of nitrogens with zero attached hydrogens (tertiary/aromatic N) is 2. The van der Waals surface area contributed by atoms with E-state index < -0.39 is 5.54 Å². The van der Waals surface area contributed by atoms with Crippen molar-refractivity contribution in [3.8, 4) is 6.07 Å². The van der Waals surface area contributed by atoms with Gasteiger partial charge in [-0.1, -0.05) is 30.3 Å². The zero-order valence-electron chi connectivity index (χ0n) is 13.9. The monoisotopic (exact) mass is 323 g/mol. The third-order valence-electron chi connectivity index (χ3n) is 4.71. The predicted molar refractivity (Wildman–Crippen MR) is 94.1 cm³/mol. The molecular weight excluding hydrogens is 301 g/mol. The van der Waals surface area contributed by atoms with Crippen molar-refractivity contribution in [1.29, 1.82) is 5.26 Å². The van der Waals surface area contributed by atoms with Crippen molar-refractivity contribution in [2.45, 2.75) is 31.8 Å². The molecule has 3 rings (SSSR count). The van der Waals surface area contributed by atoms with E-state index in [9.17, 15) is 9.65 Å². The topological polar surface area (TPSA) is 39.1 Å². The van der Waals surface area contributed by atoms with E-state index >= 15 is 0 Å². The zero-order chi connectivity index (χ0) is 17.0. The van der Waals surface area contributed by atoms with E-state index in [4.69, 9.17) is 0 Å². The first-order valence-corrected chi connectivity index (χ1v) is 8.32. The summed E-state index contributed by atoms with van der Waals surface area (Å²) in [7, 11) is 0. The first-order valence-electron chi connectivity index (χ1n) is 8.32. The molecule has 0 bridgehead atoms. The van der Waals surface area contributed by atoms with Crippen LogP contribution >= 0.6 is 0 Å². The summed E-state index contributed by atoms with van der Waals surface area (Å²) in [4.78, 5) is 2.38. The van der Waals surface area contributed by atoms with Crippen LogP contribution in [0.1, 0.15) is 24.0 Å². The summed E-state index contributed by atoms with van der Waals surface area (Å²) in [6, 6.07) is 17.8. The summed E-state index contributed by atoms with van der Waals surface area (Å²) in [5, 5.41) is 13.0. The smallest absolute Gasteiger partial charge is 0.127 e. The minimum absolute atomic E-state index is 0.218. The number of halogens is 1. The van der Waals surface area contributed by atoms with Gasteiger partial charge in [0, 0.05) is 25.3 Å². The molecule has 4 heteroatoms. The molecule has 0 saturated carbocycles. The maximum atomic E-state index is 13.4. The summed E-state index contributed by atoms with van der Waals surface area (Å²) < 4.78 is 13.4. The van der Waals surface area contributed by atoms with Crippen LogP contribution in [0.25, 0.3) is 0 Å². The fourth-order valence-electron chi connectivity index (χ4n) is 3.20. The second kappa shape index (κ2) is 7.02. The summed E-state index contributed by atoms with van der Waals surface area (Å²) in [6.07, 6.45) is 1.51. The highest BCUT2D eigenvalue weighted by molar-refractivity contribution is 5.50. The van der Waals surface area contributed by atoms with Gasteiger partial charge in [0.1, 0.15) is 11.4 Å². The molecule has 1 saturated heterocycles. The lowest BCUT2D eigenvalue weighted by atomic mass is 9.88. The van der Waals surface area contributed by atoms with Crippen molar-refractivity contribution in [2.75, 3.05) is 18.4 Å². The summed E-state index contributed by atoms with van der Waals surface area (Å²) in [5.41, 5.74) is 2.13. The molecule has 0 radical (unpaired) electrons. The minimum Gasteiger partial charge on any atom is -0.367 e. The van der Waals surface area contributed by atoms with Gasteiger partial charge in [-0.2, -0.15) is 5.26 Å². The van der Waals surface area contributed by atoms with Gasteiger partial charge in [0.05, 0.1) is 6.07 Å². The molecule has 24 heavy (non-hydrogen) atoms. The van der Waals surface area contributed by atoms with Crippen molar-refractivity contribution in [2.24, 2.45) is 0 Å². The normalized spacial score (nSPS) is 17.2. The standard InChI is InChI=1S/C20H22FN3/c1-16-13-18(7-8-19(16)21)23-20(15-22)9-11-24(12-10-20)14-17-5-3-2-4-6-17/h2-8,13,23H,9-12,14H2,1H3. The van der Waals surface area contributed by atoms with E-state index in [-0.39, 0.29) is 5.82 Å². The molecule has 0 amide bonds. The second-order valence-electron chi connectivity index (χ2n) is 6.54. The Morgan fingerprint density at radius 2 is 1.88 bits per heavy atom. The first-order chi connectivity index (χ1) is 11.6. The van der Waals surface area contributed by atoms with E-state index in [0.29, 0.717) is 5.56 Å². The summed E-state index contributed by atoms with van der Waals surface area (Å²) in [5.74, 6) is -0.218. The molecule has 1 N–H and O–H groups in total. The van der Waals surface area contributed by atoms with Crippen molar-refractivity contribution >= 4 is 5.69 Å². The van der Waals surface area contributed by atoms with E-state index in [1.807, 2.05) is 6.07 Å². The number of piperidine rings is 1. The van der Waals surface area contributed by atoms with E-state index in [2.05, 4.69) is 40.6 Å². The van der Waals surface area contributed by atoms with Gasteiger partial charge in [-0.05, 0) is 49.1 Å². The van der Waals surface area contributed by atoms with Gasteiger partial charge < -0.3 is 5.32 Å². The van der Waals surface area contributed by atoms with Crippen molar-refractivity contribution in [3.63, 3.8) is 0 Å². The first kappa shape index (κ1) is 16.5. The van der Waals surface area contributed by atoms with Gasteiger partial charge in [-0.3, -0.25) is 4.90 Å². The lowest BCUT2D eigenvalue weighted by molar-refractivity contribution is 0.189. The lowest BCUT2D eigenvalue weighted by Crippen LogP contribution is -2.48. The molecule has 1 heterocycles. The number of hydrogen-bond acceptors (Lipinski definition) is 3. The van der Waals surface area contributed by atoms with Crippen molar-refractivity contribution in [1.82, 2.24) is 4.90 Å². The van der Waals surface area contributed by atoms with Crippen LogP contribution in [0.15, 0.2) is 48.5 Å². The fourth-order valence-corrected chi connectivity index (χ4v) is 3.20. The minimum atomic E-state index is -0.572. The third kappa shape index (κ3) is 3.74. The number of aryl methyl sites for hydroxylation is 1. The number of rotatable bonds is 4. The van der Waals surface area contributed by atoms with Gasteiger partial charge in [0.25, 0.3) is 0 Å². The molecule has 124 valence electrons. The molecule has 0 aliphatic carbocycles. The second-order valence-corrected chi connectivity index (χ2v) is 6.54. The Labute approximate surface area is 142 Å². The Hall–Kier alpha value is -2.38. The van der Waals surface area contributed by atoms with Gasteiger partial charge in [-0.25, -0.2) is 4.39 Å². The van der Waals surface area contributed by atoms with Gasteiger partial charge in [0.2, 0.25) is 0 Å². The molecule has 1 aliphatic rings. The maximum Gasteiger partial charge on any atom is 0.127 e. The Morgan fingerprint density at radius 1 is 1.17 bits per heavy atom. The summed E-state index contributed by atoms with van der Waals surface area (Å²) >= 11 is 0. The molecule has 1 fully saturated rings. The zero-order valence-corrected chi connectivity index (χ0v) is 13.9. The average Bonchev–Trinajstić information content (AvgIpc) is 2.61. The molecule has 0 unspecified atom stereocenters. The Kier molecular flexibility index (Phi) is 4.82. The van der Waals surface area contributed by atoms with Crippen LogP contribution in [0.5, 0.6) is 0 Å². The Balaban J connectivity index is 1.63. The molecular formula is C20H22FN3. The largest absolute Gasteiger partial charge is 0.367 e. The third-order valence-corrected chi connectivity index (χ3v) is 4.71. The molecule has 0 atom stereocenters. The van der Waals surface area contributed by atoms with Gasteiger partial charge in [0.15, 0.2) is 0 Å². The Morgan fingerprint density at radius 3 is 2.50 bits per heavy atom. The summed E-state index contributed by atoms with van der Waals surface area (Å²) in [6.45, 7) is 4.39. The highest BCUT2D eigenvalue weighted by Gasteiger charge is 2.34. The number of hydrogen-bond donors (Lipinski definition) is 1. The highest BCUT2D eigenvalue weighted by atomic mass is 19.1. The van der Waals surface area contributed by atoms with E-state index in [1.54, 1.807) is 19.1 Å². The number of nitriles is 1. The molecule has 1 aliphatic heterocycles. The number of benzene rings is 2. The molecule has 0 spiro atoms. The fraction of sp³-hybridized carbons (Fsp3) is 0.350. The number of nitrogens with one attached hydrogen (secondary N) is 1. The van der Waals surface area contributed by atoms with Crippen LogP contribution in [0.2, 0.25) is 0 Å². The average molecular weight is 323 g/mol. The quantitative estimate of drug-likeness (QED) is 0.920. The predicted octanol–water partition coefficient (Wildman–Crippen LogP) is 4.10. The van der Waals surface area contributed by atoms with Crippen molar-refractivity contribution in [3.05, 3.63) is 65.5 Å². The SMILES string of the molecule is Cc1cc(NC2(C#N)CCN(Cc3ccccc3)CC2)ccc1F. The van der Waals surface area contributed by atoms with Crippen LogP contribution in [0.4, 0.5) is 10.1 Å². The molecule has 3 nitrogen and oxygen atoms in total. The molecule has 0 aromatic heterocycles. The maximum absolute atomic E-state index is 13.4. The number of likely N-dealkylation sites (tertiary alicyclic amines) is 1. The Bertz CT molecular complexity index is 728. The van der Waals surface area contributed by atoms with Crippen LogP contribution in [0, 0.1) is 24.1 Å². The highest BCUT2D eigenvalue weighted by Crippen LogP contribution is 2.28. The van der Waals surface area contributed by atoms with Crippen LogP contribution in [-0.4, -0.2) is 23.5 Å². The van der Waals surface area contributed by atoms with E-state index in [0.717, 1.165) is 38.2 Å². The molecule has 2 aromatic carbocycles. The number of anilines is 1. The van der Waals surface area contributed by atoms with Crippen molar-refractivity contribution < 1.29 is 4.39 Å². The van der Waals surface area contributed by atoms with Gasteiger partial charge >= 0.3 is 0 Å².